The molecule has 1 aromatic carbocycles. The Kier molecular flexibility index (Phi) is 1.92. The number of hydrogen-bond acceptors (Lipinski definition) is 1. The van der Waals surface area contributed by atoms with Gasteiger partial charge in [0.15, 0.2) is 0 Å². The molecule has 0 spiro atoms. The number of fused-ring (bicyclic) bond motifs is 1. The second kappa shape index (κ2) is 3.08. The lowest BCUT2D eigenvalue weighted by Gasteiger charge is -2.01. The summed E-state index contributed by atoms with van der Waals surface area (Å²) in [7, 11) is 0. The number of hydrogen-bond donors (Lipinski definition) is 0. The summed E-state index contributed by atoms with van der Waals surface area (Å²) in [6.45, 7) is 0. The molecule has 2 heteroatoms. The molecule has 0 unspecified atom stereocenters. The second-order valence-corrected chi connectivity index (χ2v) is 3.07. The van der Waals surface area contributed by atoms with E-state index >= 15 is 0 Å². The number of nitrogens with zero attached hydrogens (tertiary/aromatic N) is 1. The quantitative estimate of drug-likeness (QED) is 0.578. The van der Waals surface area contributed by atoms with E-state index in [0.717, 1.165) is 16.3 Å². The smallest absolute Gasteiger partial charge is 0.0500 e. The predicted octanol–water partition coefficient (Wildman–Crippen LogP) is 2.87. The number of halogens is 1. The van der Waals surface area contributed by atoms with Gasteiger partial charge in [-0.3, -0.25) is 4.98 Å². The number of rotatable bonds is 0. The van der Waals surface area contributed by atoms with Crippen LogP contribution in [0.5, 0.6) is 0 Å². The van der Waals surface area contributed by atoms with Crippen molar-refractivity contribution in [3.8, 4) is 12.3 Å². The molecule has 0 saturated carbocycles. The van der Waals surface area contributed by atoms with Crippen molar-refractivity contribution in [3.63, 3.8) is 0 Å². The van der Waals surface area contributed by atoms with Gasteiger partial charge < -0.3 is 0 Å². The van der Waals surface area contributed by atoms with Crippen LogP contribution in [0.25, 0.3) is 10.8 Å². The van der Waals surface area contributed by atoms with E-state index in [-0.39, 0.29) is 0 Å². The second-order valence-electron chi connectivity index (χ2n) is 2.66. The lowest BCUT2D eigenvalue weighted by Crippen LogP contribution is -1.81. The standard InChI is InChI=1S/C11H6ClN/c1-2-8-3-4-11(12)10-7-13-6-5-9(8)10/h1,3-7H. The normalized spacial score (nSPS) is 9.85. The third kappa shape index (κ3) is 1.26. The van der Waals surface area contributed by atoms with Crippen LogP contribution in [0.1, 0.15) is 5.56 Å². The molecule has 1 nitrogen and oxygen atoms in total. The maximum Gasteiger partial charge on any atom is 0.0500 e. The van der Waals surface area contributed by atoms with Crippen molar-refractivity contribution < 1.29 is 0 Å². The first-order valence-corrected chi connectivity index (χ1v) is 4.19. The van der Waals surface area contributed by atoms with Crippen molar-refractivity contribution in [2.75, 3.05) is 0 Å². The summed E-state index contributed by atoms with van der Waals surface area (Å²) >= 11 is 5.98. The van der Waals surface area contributed by atoms with Crippen LogP contribution in [0, 0.1) is 12.3 Å². The number of pyridine rings is 1. The molecule has 0 amide bonds. The summed E-state index contributed by atoms with van der Waals surface area (Å²) < 4.78 is 0. The van der Waals surface area contributed by atoms with Gasteiger partial charge in [-0.25, -0.2) is 0 Å². The summed E-state index contributed by atoms with van der Waals surface area (Å²) in [5.41, 5.74) is 0.849. The molecule has 0 N–H and O–H groups in total. The van der Waals surface area contributed by atoms with Crippen LogP contribution in [0.3, 0.4) is 0 Å². The van der Waals surface area contributed by atoms with Gasteiger partial charge in [-0.15, -0.1) is 6.42 Å². The van der Waals surface area contributed by atoms with Gasteiger partial charge >= 0.3 is 0 Å². The molecule has 0 aliphatic carbocycles. The van der Waals surface area contributed by atoms with E-state index in [1.807, 2.05) is 12.1 Å². The zero-order valence-electron chi connectivity index (χ0n) is 6.79. The molecule has 0 aliphatic rings. The molecular weight excluding hydrogens is 182 g/mol. The van der Waals surface area contributed by atoms with Crippen molar-refractivity contribution in [1.29, 1.82) is 0 Å². The van der Waals surface area contributed by atoms with Gasteiger partial charge in [0, 0.05) is 28.7 Å². The molecule has 1 aromatic heterocycles. The Morgan fingerprint density at radius 2 is 2.08 bits per heavy atom. The van der Waals surface area contributed by atoms with Crippen molar-refractivity contribution in [1.82, 2.24) is 4.98 Å². The first-order chi connectivity index (χ1) is 6.33. The fourth-order valence-electron chi connectivity index (χ4n) is 1.28. The Hall–Kier alpha value is -1.52. The minimum absolute atomic E-state index is 0.683. The molecule has 1 heterocycles. The summed E-state index contributed by atoms with van der Waals surface area (Å²) in [6, 6.07) is 5.50. The molecule has 13 heavy (non-hydrogen) atoms. The fourth-order valence-corrected chi connectivity index (χ4v) is 1.50. The molecule has 0 saturated heterocycles. The topological polar surface area (TPSA) is 12.9 Å². The zero-order valence-corrected chi connectivity index (χ0v) is 7.55. The summed E-state index contributed by atoms with van der Waals surface area (Å²) in [5.74, 6) is 2.61. The number of benzene rings is 1. The monoisotopic (exact) mass is 187 g/mol. The van der Waals surface area contributed by atoms with Crippen molar-refractivity contribution in [2.24, 2.45) is 0 Å². The molecule has 0 fully saturated rings. The van der Waals surface area contributed by atoms with Gasteiger partial charge in [0.25, 0.3) is 0 Å². The highest BCUT2D eigenvalue weighted by atomic mass is 35.5. The maximum absolute atomic E-state index is 5.98. The van der Waals surface area contributed by atoms with Crippen LogP contribution in [-0.2, 0) is 0 Å². The van der Waals surface area contributed by atoms with Gasteiger partial charge in [-0.2, -0.15) is 0 Å². The van der Waals surface area contributed by atoms with Crippen molar-refractivity contribution in [3.05, 3.63) is 41.2 Å². The minimum atomic E-state index is 0.683. The molecule has 0 aliphatic heterocycles. The van der Waals surface area contributed by atoms with Crippen LogP contribution >= 0.6 is 11.6 Å². The minimum Gasteiger partial charge on any atom is -0.264 e. The van der Waals surface area contributed by atoms with Crippen molar-refractivity contribution in [2.45, 2.75) is 0 Å². The highest BCUT2D eigenvalue weighted by Gasteiger charge is 2.01. The van der Waals surface area contributed by atoms with E-state index < -0.39 is 0 Å². The summed E-state index contributed by atoms with van der Waals surface area (Å²) in [5, 5.41) is 2.56. The molecule has 2 rings (SSSR count). The van der Waals surface area contributed by atoms with E-state index in [1.54, 1.807) is 18.5 Å². The van der Waals surface area contributed by atoms with Gasteiger partial charge in [0.05, 0.1) is 5.02 Å². The highest BCUT2D eigenvalue weighted by Crippen LogP contribution is 2.24. The Bertz CT molecular complexity index is 497. The van der Waals surface area contributed by atoms with Crippen LogP contribution in [0.2, 0.25) is 5.02 Å². The van der Waals surface area contributed by atoms with E-state index in [0.29, 0.717) is 5.02 Å². The lowest BCUT2D eigenvalue weighted by atomic mass is 10.1. The lowest BCUT2D eigenvalue weighted by molar-refractivity contribution is 1.36. The third-order valence-electron chi connectivity index (χ3n) is 1.92. The zero-order chi connectivity index (χ0) is 9.26. The summed E-state index contributed by atoms with van der Waals surface area (Å²) in [6.07, 6.45) is 8.78. The average Bonchev–Trinajstić information content (AvgIpc) is 2.19. The maximum atomic E-state index is 5.98. The first-order valence-electron chi connectivity index (χ1n) is 3.82. The molecule has 62 valence electrons. The van der Waals surface area contributed by atoms with Crippen LogP contribution in [-0.4, -0.2) is 4.98 Å². The average molecular weight is 188 g/mol. The molecule has 0 atom stereocenters. The Morgan fingerprint density at radius 3 is 2.85 bits per heavy atom. The van der Waals surface area contributed by atoms with Gasteiger partial charge in [0.2, 0.25) is 0 Å². The SMILES string of the molecule is C#Cc1ccc(Cl)c2cnccc12. The Labute approximate surface area is 81.4 Å². The molecule has 0 bridgehead atoms. The van der Waals surface area contributed by atoms with E-state index in [1.165, 1.54) is 0 Å². The Morgan fingerprint density at radius 1 is 1.23 bits per heavy atom. The highest BCUT2D eigenvalue weighted by molar-refractivity contribution is 6.35. The van der Waals surface area contributed by atoms with E-state index in [9.17, 15) is 0 Å². The van der Waals surface area contributed by atoms with Crippen LogP contribution < -0.4 is 0 Å². The van der Waals surface area contributed by atoms with Gasteiger partial charge in [0.1, 0.15) is 0 Å². The third-order valence-corrected chi connectivity index (χ3v) is 2.25. The van der Waals surface area contributed by atoms with E-state index in [2.05, 4.69) is 10.9 Å². The fraction of sp³-hybridized carbons (Fsp3) is 0. The summed E-state index contributed by atoms with van der Waals surface area (Å²) in [4.78, 5) is 4.00. The Balaban J connectivity index is 2.95. The molecule has 2 aromatic rings. The number of aromatic nitrogens is 1. The largest absolute Gasteiger partial charge is 0.264 e. The molecular formula is C11H6ClN. The predicted molar refractivity (Wildman–Crippen MR) is 54.7 cm³/mol. The van der Waals surface area contributed by atoms with Gasteiger partial charge in [-0.1, -0.05) is 17.5 Å². The van der Waals surface area contributed by atoms with E-state index in [4.69, 9.17) is 18.0 Å². The number of terminal acetylenes is 1. The molecule has 0 radical (unpaired) electrons. The van der Waals surface area contributed by atoms with Crippen molar-refractivity contribution >= 4 is 22.4 Å². The first kappa shape index (κ1) is 8.10. The van der Waals surface area contributed by atoms with Gasteiger partial charge in [-0.05, 0) is 18.2 Å². The van der Waals surface area contributed by atoms with Crippen LogP contribution in [0.15, 0.2) is 30.6 Å². The van der Waals surface area contributed by atoms with Crippen LogP contribution in [0.4, 0.5) is 0 Å².